The van der Waals surface area contributed by atoms with Crippen LogP contribution in [-0.2, 0) is 4.74 Å². The van der Waals surface area contributed by atoms with Crippen LogP contribution in [0, 0.1) is 6.92 Å². The zero-order valence-electron chi connectivity index (χ0n) is 10.5. The Labute approximate surface area is 110 Å². The number of hydrogen-bond donors (Lipinski definition) is 4. The van der Waals surface area contributed by atoms with Gasteiger partial charge in [-0.2, -0.15) is 0 Å². The lowest BCUT2D eigenvalue weighted by molar-refractivity contribution is -0.277. The molecule has 0 amide bonds. The highest BCUT2D eigenvalue weighted by Crippen LogP contribution is 2.24. The molecule has 1 aliphatic heterocycles. The Hall–Kier alpha value is -1.18. The molecule has 5 unspecified atom stereocenters. The van der Waals surface area contributed by atoms with Gasteiger partial charge < -0.3 is 29.9 Å². The van der Waals surface area contributed by atoms with Crippen LogP contribution >= 0.6 is 0 Å². The number of aliphatic hydroxyl groups is 4. The van der Waals surface area contributed by atoms with Gasteiger partial charge in [-0.05, 0) is 24.6 Å². The van der Waals surface area contributed by atoms with Crippen molar-refractivity contribution in [3.8, 4) is 5.75 Å². The summed E-state index contributed by atoms with van der Waals surface area (Å²) in [6.07, 6.45) is -6.30. The molecule has 106 valence electrons. The molecule has 19 heavy (non-hydrogen) atoms. The van der Waals surface area contributed by atoms with E-state index in [1.54, 1.807) is 18.2 Å². The van der Waals surface area contributed by atoms with Crippen LogP contribution in [0.4, 0.5) is 0 Å². The summed E-state index contributed by atoms with van der Waals surface area (Å²) in [6.45, 7) is 1.42. The minimum Gasteiger partial charge on any atom is -0.462 e. The molecule has 2 rings (SSSR count). The maximum atomic E-state index is 9.81. The zero-order valence-corrected chi connectivity index (χ0v) is 10.5. The van der Waals surface area contributed by atoms with Gasteiger partial charge in [-0.15, -0.1) is 0 Å². The van der Waals surface area contributed by atoms with Gasteiger partial charge in [0.15, 0.2) is 0 Å². The lowest BCUT2D eigenvalue weighted by Crippen LogP contribution is -2.60. The van der Waals surface area contributed by atoms with Crippen molar-refractivity contribution in [3.05, 3.63) is 29.8 Å². The monoisotopic (exact) mass is 270 g/mol. The molecule has 0 aromatic heterocycles. The summed E-state index contributed by atoms with van der Waals surface area (Å²) >= 11 is 0. The molecule has 0 bridgehead atoms. The van der Waals surface area contributed by atoms with Crippen LogP contribution in [0.1, 0.15) is 5.56 Å². The van der Waals surface area contributed by atoms with Gasteiger partial charge in [0, 0.05) is 0 Å². The second-order valence-electron chi connectivity index (χ2n) is 4.63. The fraction of sp³-hybridized carbons (Fsp3) is 0.538. The van der Waals surface area contributed by atoms with Crippen molar-refractivity contribution in [2.45, 2.75) is 37.6 Å². The lowest BCUT2D eigenvalue weighted by Gasteiger charge is -2.39. The van der Waals surface area contributed by atoms with Gasteiger partial charge in [0.1, 0.15) is 30.2 Å². The van der Waals surface area contributed by atoms with Crippen molar-refractivity contribution < 1.29 is 29.9 Å². The largest absolute Gasteiger partial charge is 0.462 e. The first kappa shape index (κ1) is 14.2. The Morgan fingerprint density at radius 1 is 1.16 bits per heavy atom. The van der Waals surface area contributed by atoms with Crippen LogP contribution in [0.25, 0.3) is 0 Å². The smallest absolute Gasteiger partial charge is 0.229 e. The number of ether oxygens (including phenoxy) is 2. The summed E-state index contributed by atoms with van der Waals surface area (Å²) in [4.78, 5) is 0. The molecule has 6 nitrogen and oxygen atoms in total. The summed E-state index contributed by atoms with van der Waals surface area (Å²) in [7, 11) is 0. The minimum absolute atomic E-state index is 0.474. The summed E-state index contributed by atoms with van der Waals surface area (Å²) in [5.41, 5.74) is 0.974. The predicted molar refractivity (Wildman–Crippen MR) is 65.6 cm³/mol. The van der Waals surface area contributed by atoms with E-state index in [0.29, 0.717) is 5.75 Å². The molecule has 0 aliphatic carbocycles. The molecule has 0 saturated carbocycles. The van der Waals surface area contributed by atoms with Crippen LogP contribution in [0.2, 0.25) is 0 Å². The average molecular weight is 270 g/mol. The van der Waals surface area contributed by atoms with Gasteiger partial charge in [-0.3, -0.25) is 0 Å². The number of rotatable bonds is 3. The predicted octanol–water partition coefficient (Wildman–Crippen LogP) is -0.826. The first-order valence-corrected chi connectivity index (χ1v) is 6.07. The number of aliphatic hydroxyl groups excluding tert-OH is 4. The molecule has 5 atom stereocenters. The number of aryl methyl sites for hydroxylation is 1. The van der Waals surface area contributed by atoms with Crippen LogP contribution in [0.15, 0.2) is 24.3 Å². The molecular formula is C13H18O6. The quantitative estimate of drug-likeness (QED) is 0.572. The molecule has 6 heteroatoms. The van der Waals surface area contributed by atoms with Crippen molar-refractivity contribution in [2.75, 3.05) is 6.61 Å². The van der Waals surface area contributed by atoms with Gasteiger partial charge in [0.25, 0.3) is 0 Å². The average Bonchev–Trinajstić information content (AvgIpc) is 2.39. The topological polar surface area (TPSA) is 99.4 Å². The normalized spacial score (nSPS) is 35.1. The first-order chi connectivity index (χ1) is 9.02. The van der Waals surface area contributed by atoms with Crippen molar-refractivity contribution >= 4 is 0 Å². The summed E-state index contributed by atoms with van der Waals surface area (Å²) in [5, 5.41) is 38.1. The van der Waals surface area contributed by atoms with Crippen LogP contribution in [0.3, 0.4) is 0 Å². The second kappa shape index (κ2) is 5.85. The molecule has 1 fully saturated rings. The molecule has 0 radical (unpaired) electrons. The van der Waals surface area contributed by atoms with E-state index in [9.17, 15) is 15.3 Å². The third-order valence-corrected chi connectivity index (χ3v) is 3.09. The molecule has 1 aliphatic rings. The Morgan fingerprint density at radius 3 is 2.53 bits per heavy atom. The van der Waals surface area contributed by atoms with E-state index < -0.39 is 37.3 Å². The molecule has 1 aromatic carbocycles. The van der Waals surface area contributed by atoms with Crippen LogP contribution in [-0.4, -0.2) is 57.7 Å². The van der Waals surface area contributed by atoms with Crippen molar-refractivity contribution in [1.82, 2.24) is 0 Å². The molecule has 0 spiro atoms. The van der Waals surface area contributed by atoms with Gasteiger partial charge in [0.2, 0.25) is 6.29 Å². The molecular weight excluding hydrogens is 252 g/mol. The lowest BCUT2D eigenvalue weighted by atomic mass is 9.99. The van der Waals surface area contributed by atoms with Gasteiger partial charge in [-0.25, -0.2) is 0 Å². The maximum Gasteiger partial charge on any atom is 0.229 e. The Bertz CT molecular complexity index is 421. The SMILES string of the molecule is Cc1cccc(OC2OC(CO)C(O)C(O)C2O)c1. The van der Waals surface area contributed by atoms with E-state index >= 15 is 0 Å². The number of hydrogen-bond acceptors (Lipinski definition) is 6. The summed E-state index contributed by atoms with van der Waals surface area (Å²) < 4.78 is 10.7. The standard InChI is InChI=1S/C13H18O6/c1-7-3-2-4-8(5-7)18-13-12(17)11(16)10(15)9(6-14)19-13/h2-5,9-17H,6H2,1H3. The van der Waals surface area contributed by atoms with Crippen LogP contribution < -0.4 is 4.74 Å². The molecule has 1 saturated heterocycles. The van der Waals surface area contributed by atoms with E-state index in [1.807, 2.05) is 13.0 Å². The van der Waals surface area contributed by atoms with E-state index in [0.717, 1.165) is 5.56 Å². The zero-order chi connectivity index (χ0) is 14.0. The third-order valence-electron chi connectivity index (χ3n) is 3.09. The fourth-order valence-corrected chi connectivity index (χ4v) is 1.99. The van der Waals surface area contributed by atoms with E-state index in [1.165, 1.54) is 0 Å². The van der Waals surface area contributed by atoms with Gasteiger partial charge >= 0.3 is 0 Å². The third kappa shape index (κ3) is 3.05. The van der Waals surface area contributed by atoms with Crippen molar-refractivity contribution in [3.63, 3.8) is 0 Å². The highest BCUT2D eigenvalue weighted by atomic mass is 16.7. The second-order valence-corrected chi connectivity index (χ2v) is 4.63. The Kier molecular flexibility index (Phi) is 4.38. The Morgan fingerprint density at radius 2 is 1.89 bits per heavy atom. The maximum absolute atomic E-state index is 9.81. The number of benzene rings is 1. The first-order valence-electron chi connectivity index (χ1n) is 6.07. The minimum atomic E-state index is -1.43. The molecule has 4 N–H and O–H groups in total. The van der Waals surface area contributed by atoms with Crippen LogP contribution in [0.5, 0.6) is 5.75 Å². The fourth-order valence-electron chi connectivity index (χ4n) is 1.99. The van der Waals surface area contributed by atoms with Crippen molar-refractivity contribution in [1.29, 1.82) is 0 Å². The van der Waals surface area contributed by atoms with E-state index in [4.69, 9.17) is 14.6 Å². The van der Waals surface area contributed by atoms with E-state index in [-0.39, 0.29) is 0 Å². The summed E-state index contributed by atoms with van der Waals surface area (Å²) in [5.74, 6) is 0.476. The van der Waals surface area contributed by atoms with Crippen molar-refractivity contribution in [2.24, 2.45) is 0 Å². The van der Waals surface area contributed by atoms with Gasteiger partial charge in [0.05, 0.1) is 6.61 Å². The highest BCUT2D eigenvalue weighted by molar-refractivity contribution is 5.27. The van der Waals surface area contributed by atoms with E-state index in [2.05, 4.69) is 0 Å². The molecule has 1 aromatic rings. The molecule has 1 heterocycles. The van der Waals surface area contributed by atoms with Gasteiger partial charge in [-0.1, -0.05) is 12.1 Å². The Balaban J connectivity index is 2.10. The highest BCUT2D eigenvalue weighted by Gasteiger charge is 2.44. The summed E-state index contributed by atoms with van der Waals surface area (Å²) in [6, 6.07) is 7.12.